The highest BCUT2D eigenvalue weighted by Crippen LogP contribution is 2.19. The average Bonchev–Trinajstić information content (AvgIpc) is 3.35. The first-order valence-electron chi connectivity index (χ1n) is 8.31. The predicted octanol–water partition coefficient (Wildman–Crippen LogP) is 2.64. The van der Waals surface area contributed by atoms with Crippen molar-refractivity contribution in [2.75, 3.05) is 11.9 Å². The average molecular weight is 355 g/mol. The fourth-order valence-electron chi connectivity index (χ4n) is 2.29. The molecule has 0 radical (unpaired) electrons. The Balaban J connectivity index is 0.00000288. The van der Waals surface area contributed by atoms with Gasteiger partial charge in [0.2, 0.25) is 0 Å². The van der Waals surface area contributed by atoms with Crippen molar-refractivity contribution in [3.05, 3.63) is 29.8 Å². The summed E-state index contributed by atoms with van der Waals surface area (Å²) in [6, 6.07) is 6.98. The van der Waals surface area contributed by atoms with Gasteiger partial charge >= 0.3 is 6.03 Å². The maximum absolute atomic E-state index is 12.3. The van der Waals surface area contributed by atoms with Gasteiger partial charge in [0.15, 0.2) is 0 Å². The Morgan fingerprint density at radius 1 is 1.33 bits per heavy atom. The molecule has 6 nitrogen and oxygen atoms in total. The van der Waals surface area contributed by atoms with Crippen LogP contribution in [0.15, 0.2) is 24.3 Å². The Hall–Kier alpha value is -1.79. The van der Waals surface area contributed by atoms with E-state index in [1.54, 1.807) is 24.3 Å². The largest absolute Gasteiger partial charge is 0.348 e. The van der Waals surface area contributed by atoms with Crippen LogP contribution in [-0.2, 0) is 0 Å². The lowest BCUT2D eigenvalue weighted by Crippen LogP contribution is -2.40. The molecular formula is C17H27ClN4O2. The van der Waals surface area contributed by atoms with Crippen LogP contribution in [0, 0.1) is 0 Å². The van der Waals surface area contributed by atoms with Crippen molar-refractivity contribution in [3.63, 3.8) is 0 Å². The Labute approximate surface area is 149 Å². The summed E-state index contributed by atoms with van der Waals surface area (Å²) in [6.07, 6.45) is 5.05. The van der Waals surface area contributed by atoms with Gasteiger partial charge < -0.3 is 21.7 Å². The first-order valence-corrected chi connectivity index (χ1v) is 8.31. The number of benzene rings is 1. The topological polar surface area (TPSA) is 96.2 Å². The van der Waals surface area contributed by atoms with Crippen molar-refractivity contribution in [1.82, 2.24) is 10.6 Å². The van der Waals surface area contributed by atoms with E-state index in [-0.39, 0.29) is 30.4 Å². The number of urea groups is 1. The van der Waals surface area contributed by atoms with E-state index in [1.165, 1.54) is 0 Å². The molecule has 0 heterocycles. The van der Waals surface area contributed by atoms with Crippen LogP contribution in [0.4, 0.5) is 10.5 Å². The van der Waals surface area contributed by atoms with Gasteiger partial charge in [-0.2, -0.15) is 0 Å². The molecule has 1 aromatic carbocycles. The number of unbranched alkanes of at least 4 members (excludes halogenated alkanes) is 1. The molecule has 24 heavy (non-hydrogen) atoms. The minimum atomic E-state index is -0.229. The van der Waals surface area contributed by atoms with Crippen molar-refractivity contribution in [2.24, 2.45) is 5.73 Å². The molecule has 1 aliphatic carbocycles. The molecule has 1 saturated carbocycles. The zero-order valence-electron chi connectivity index (χ0n) is 14.0. The number of amides is 3. The summed E-state index contributed by atoms with van der Waals surface area (Å²) in [5, 5.41) is 8.55. The van der Waals surface area contributed by atoms with E-state index in [0.717, 1.165) is 32.1 Å². The number of carbonyl (C=O) groups excluding carboxylic acids is 2. The Kier molecular flexibility index (Phi) is 8.57. The summed E-state index contributed by atoms with van der Waals surface area (Å²) in [6.45, 7) is 2.53. The molecule has 1 aliphatic rings. The minimum absolute atomic E-state index is 0. The van der Waals surface area contributed by atoms with E-state index in [0.29, 0.717) is 23.8 Å². The van der Waals surface area contributed by atoms with Crippen LogP contribution in [0.3, 0.4) is 0 Å². The monoisotopic (exact) mass is 354 g/mol. The van der Waals surface area contributed by atoms with E-state index < -0.39 is 0 Å². The fraction of sp³-hybridized carbons (Fsp3) is 0.529. The summed E-state index contributed by atoms with van der Waals surface area (Å²) in [7, 11) is 0. The van der Waals surface area contributed by atoms with Crippen LogP contribution in [0.1, 0.15) is 49.4 Å². The number of anilines is 1. The highest BCUT2D eigenvalue weighted by Gasteiger charge is 2.23. The highest BCUT2D eigenvalue weighted by atomic mass is 35.5. The summed E-state index contributed by atoms with van der Waals surface area (Å²) in [5.74, 6) is -0.164. The number of nitrogens with one attached hydrogen (secondary N) is 3. The molecule has 0 bridgehead atoms. The van der Waals surface area contributed by atoms with Gasteiger partial charge in [0.25, 0.3) is 5.91 Å². The molecule has 1 aromatic rings. The Morgan fingerprint density at radius 2 is 2.08 bits per heavy atom. The Bertz CT molecular complexity index is 549. The van der Waals surface area contributed by atoms with E-state index in [9.17, 15) is 9.59 Å². The number of rotatable bonds is 8. The fourth-order valence-corrected chi connectivity index (χ4v) is 2.29. The van der Waals surface area contributed by atoms with Gasteiger partial charge in [0.05, 0.1) is 0 Å². The van der Waals surface area contributed by atoms with Crippen LogP contribution in [-0.4, -0.2) is 30.6 Å². The van der Waals surface area contributed by atoms with Crippen LogP contribution < -0.4 is 21.7 Å². The third kappa shape index (κ3) is 6.76. The number of halogens is 1. The summed E-state index contributed by atoms with van der Waals surface area (Å²) < 4.78 is 0. The van der Waals surface area contributed by atoms with Crippen molar-refractivity contribution in [1.29, 1.82) is 0 Å². The quantitative estimate of drug-likeness (QED) is 0.577. The van der Waals surface area contributed by atoms with Gasteiger partial charge in [-0.3, -0.25) is 4.79 Å². The smallest absolute Gasteiger partial charge is 0.319 e. The van der Waals surface area contributed by atoms with Gasteiger partial charge in [0.1, 0.15) is 0 Å². The molecule has 134 valence electrons. The summed E-state index contributed by atoms with van der Waals surface area (Å²) in [5.41, 5.74) is 6.83. The van der Waals surface area contributed by atoms with Gasteiger partial charge in [0, 0.05) is 29.9 Å². The molecule has 0 spiro atoms. The predicted molar refractivity (Wildman–Crippen MR) is 98.7 cm³/mol. The first-order chi connectivity index (χ1) is 11.1. The van der Waals surface area contributed by atoms with Crippen molar-refractivity contribution in [3.8, 4) is 0 Å². The van der Waals surface area contributed by atoms with Crippen molar-refractivity contribution < 1.29 is 9.59 Å². The van der Waals surface area contributed by atoms with Crippen LogP contribution in [0.5, 0.6) is 0 Å². The number of hydrogen-bond donors (Lipinski definition) is 4. The lowest BCUT2D eigenvalue weighted by atomic mass is 10.1. The van der Waals surface area contributed by atoms with Gasteiger partial charge in [-0.25, -0.2) is 4.79 Å². The standard InChI is InChI=1S/C17H26N4O2.ClH/c1-2-3-6-15(11-18)19-16(22)12-5-4-7-14(10-12)21-17(23)20-13-8-9-13;/h4-5,7,10,13,15H,2-3,6,8-9,11,18H2,1H3,(H,19,22)(H2,20,21,23);1H. The third-order valence-corrected chi connectivity index (χ3v) is 3.82. The molecule has 0 aliphatic heterocycles. The molecule has 1 atom stereocenters. The van der Waals surface area contributed by atoms with Gasteiger partial charge in [-0.05, 0) is 37.5 Å². The molecule has 1 unspecified atom stereocenters. The first kappa shape index (κ1) is 20.3. The van der Waals surface area contributed by atoms with E-state index in [4.69, 9.17) is 5.73 Å². The maximum atomic E-state index is 12.3. The normalized spacial score (nSPS) is 14.2. The van der Waals surface area contributed by atoms with E-state index in [2.05, 4.69) is 22.9 Å². The third-order valence-electron chi connectivity index (χ3n) is 3.82. The van der Waals surface area contributed by atoms with Crippen molar-refractivity contribution >= 4 is 30.0 Å². The highest BCUT2D eigenvalue weighted by molar-refractivity contribution is 5.97. The number of carbonyl (C=O) groups is 2. The van der Waals surface area contributed by atoms with Crippen LogP contribution >= 0.6 is 12.4 Å². The molecule has 2 rings (SSSR count). The SMILES string of the molecule is CCCCC(CN)NC(=O)c1cccc(NC(=O)NC2CC2)c1.Cl. The molecule has 7 heteroatoms. The number of nitrogens with two attached hydrogens (primary N) is 1. The lowest BCUT2D eigenvalue weighted by molar-refractivity contribution is 0.0935. The molecule has 0 saturated heterocycles. The summed E-state index contributed by atoms with van der Waals surface area (Å²) >= 11 is 0. The molecule has 5 N–H and O–H groups in total. The van der Waals surface area contributed by atoms with Crippen LogP contribution in [0.2, 0.25) is 0 Å². The molecular weight excluding hydrogens is 328 g/mol. The zero-order chi connectivity index (χ0) is 16.7. The summed E-state index contributed by atoms with van der Waals surface area (Å²) in [4.78, 5) is 24.1. The van der Waals surface area contributed by atoms with E-state index >= 15 is 0 Å². The van der Waals surface area contributed by atoms with E-state index in [1.807, 2.05) is 0 Å². The van der Waals surface area contributed by atoms with Crippen molar-refractivity contribution in [2.45, 2.75) is 51.1 Å². The van der Waals surface area contributed by atoms with Gasteiger partial charge in [-0.15, -0.1) is 12.4 Å². The molecule has 1 fully saturated rings. The maximum Gasteiger partial charge on any atom is 0.319 e. The van der Waals surface area contributed by atoms with Crippen LogP contribution in [0.25, 0.3) is 0 Å². The van der Waals surface area contributed by atoms with Gasteiger partial charge in [-0.1, -0.05) is 25.8 Å². The second kappa shape index (κ2) is 10.2. The Morgan fingerprint density at radius 3 is 2.71 bits per heavy atom. The lowest BCUT2D eigenvalue weighted by Gasteiger charge is -2.17. The second-order valence-corrected chi connectivity index (χ2v) is 6.00. The zero-order valence-corrected chi connectivity index (χ0v) is 14.8. The second-order valence-electron chi connectivity index (χ2n) is 6.00. The number of hydrogen-bond acceptors (Lipinski definition) is 3. The molecule has 3 amide bonds. The minimum Gasteiger partial charge on any atom is -0.348 e. The molecule has 0 aromatic heterocycles.